The Morgan fingerprint density at radius 2 is 1.90 bits per heavy atom. The van der Waals surface area contributed by atoms with E-state index in [4.69, 9.17) is 5.73 Å². The third-order valence-electron chi connectivity index (χ3n) is 2.92. The minimum absolute atomic E-state index is 0.111. The molecule has 0 saturated carbocycles. The zero-order chi connectivity index (χ0) is 14.9. The van der Waals surface area contributed by atoms with E-state index < -0.39 is 5.97 Å². The molecule has 5 nitrogen and oxygen atoms in total. The maximum absolute atomic E-state index is 11.4. The standard InChI is InChI=1S/C14H14BrN3O2/c1-7-4-9(5-8(2)11(7)15)13-17-6-10(12(16)18-13)14(19)20-3/h4-6H,1-3H3,(H2,16,17,18). The van der Waals surface area contributed by atoms with Gasteiger partial charge in [-0.1, -0.05) is 15.9 Å². The van der Waals surface area contributed by atoms with Gasteiger partial charge >= 0.3 is 5.97 Å². The number of carbonyl (C=O) groups is 1. The van der Waals surface area contributed by atoms with Crippen LogP contribution < -0.4 is 5.73 Å². The number of benzene rings is 1. The Morgan fingerprint density at radius 1 is 1.30 bits per heavy atom. The molecule has 0 atom stereocenters. The van der Waals surface area contributed by atoms with Gasteiger partial charge < -0.3 is 10.5 Å². The Balaban J connectivity index is 2.49. The van der Waals surface area contributed by atoms with E-state index in [-0.39, 0.29) is 11.4 Å². The Labute approximate surface area is 125 Å². The zero-order valence-electron chi connectivity index (χ0n) is 11.4. The fourth-order valence-corrected chi connectivity index (χ4v) is 2.11. The van der Waals surface area contributed by atoms with E-state index in [1.807, 2.05) is 26.0 Å². The molecule has 2 aromatic rings. The van der Waals surface area contributed by atoms with Crippen molar-refractivity contribution in [3.05, 3.63) is 39.5 Å². The molecule has 6 heteroatoms. The van der Waals surface area contributed by atoms with Crippen molar-refractivity contribution < 1.29 is 9.53 Å². The van der Waals surface area contributed by atoms with Gasteiger partial charge in [0.1, 0.15) is 11.4 Å². The monoisotopic (exact) mass is 335 g/mol. The summed E-state index contributed by atoms with van der Waals surface area (Å²) >= 11 is 3.51. The minimum atomic E-state index is -0.544. The summed E-state index contributed by atoms with van der Waals surface area (Å²) < 4.78 is 5.67. The highest BCUT2D eigenvalue weighted by atomic mass is 79.9. The lowest BCUT2D eigenvalue weighted by atomic mass is 10.1. The molecular weight excluding hydrogens is 322 g/mol. The largest absolute Gasteiger partial charge is 0.465 e. The van der Waals surface area contributed by atoms with Gasteiger partial charge in [0.15, 0.2) is 5.82 Å². The van der Waals surface area contributed by atoms with Crippen LogP contribution in [0.1, 0.15) is 21.5 Å². The van der Waals surface area contributed by atoms with E-state index in [0.717, 1.165) is 21.2 Å². The second-order valence-corrected chi connectivity index (χ2v) is 5.20. The molecule has 1 aromatic heterocycles. The molecule has 0 radical (unpaired) electrons. The van der Waals surface area contributed by atoms with Crippen molar-refractivity contribution in [3.8, 4) is 11.4 Å². The van der Waals surface area contributed by atoms with Gasteiger partial charge in [-0.2, -0.15) is 0 Å². The first-order valence-electron chi connectivity index (χ1n) is 5.92. The van der Waals surface area contributed by atoms with Crippen molar-refractivity contribution in [1.29, 1.82) is 0 Å². The summed E-state index contributed by atoms with van der Waals surface area (Å²) in [5, 5.41) is 0. The lowest BCUT2D eigenvalue weighted by Gasteiger charge is -2.08. The van der Waals surface area contributed by atoms with Crippen LogP contribution in [-0.4, -0.2) is 23.0 Å². The number of carbonyl (C=O) groups excluding carboxylic acids is 1. The van der Waals surface area contributed by atoms with Crippen LogP contribution in [0.4, 0.5) is 5.82 Å². The normalized spacial score (nSPS) is 10.4. The van der Waals surface area contributed by atoms with Crippen molar-refractivity contribution in [3.63, 3.8) is 0 Å². The molecule has 104 valence electrons. The first-order chi connectivity index (χ1) is 9.43. The summed E-state index contributed by atoms with van der Waals surface area (Å²) in [4.78, 5) is 19.8. The third-order valence-corrected chi connectivity index (χ3v) is 4.17. The van der Waals surface area contributed by atoms with Crippen LogP contribution >= 0.6 is 15.9 Å². The van der Waals surface area contributed by atoms with Crippen LogP contribution in [-0.2, 0) is 4.74 Å². The number of nitrogen functional groups attached to an aromatic ring is 1. The Kier molecular flexibility index (Phi) is 4.04. The van der Waals surface area contributed by atoms with Gasteiger partial charge in [0.25, 0.3) is 0 Å². The fourth-order valence-electron chi connectivity index (χ4n) is 1.88. The van der Waals surface area contributed by atoms with Gasteiger partial charge in [0.2, 0.25) is 0 Å². The Hall–Kier alpha value is -1.95. The summed E-state index contributed by atoms with van der Waals surface area (Å²) in [6.07, 6.45) is 1.39. The van der Waals surface area contributed by atoms with E-state index in [9.17, 15) is 4.79 Å². The number of methoxy groups -OCH3 is 1. The second-order valence-electron chi connectivity index (χ2n) is 4.41. The van der Waals surface area contributed by atoms with E-state index in [1.54, 1.807) is 0 Å². The van der Waals surface area contributed by atoms with Crippen LogP contribution in [0, 0.1) is 13.8 Å². The average Bonchev–Trinajstić information content (AvgIpc) is 2.43. The summed E-state index contributed by atoms with van der Waals surface area (Å²) in [7, 11) is 1.29. The van der Waals surface area contributed by atoms with Crippen LogP contribution in [0.5, 0.6) is 0 Å². The third kappa shape index (κ3) is 2.65. The number of anilines is 1. The molecule has 0 saturated heterocycles. The summed E-state index contributed by atoms with van der Waals surface area (Å²) in [5.74, 6) is 0.0474. The number of halogens is 1. The number of ether oxygens (including phenoxy) is 1. The first kappa shape index (κ1) is 14.5. The van der Waals surface area contributed by atoms with Gasteiger partial charge in [-0.15, -0.1) is 0 Å². The number of nitrogens with two attached hydrogens (primary N) is 1. The molecular formula is C14H14BrN3O2. The fraction of sp³-hybridized carbons (Fsp3) is 0.214. The smallest absolute Gasteiger partial charge is 0.343 e. The molecule has 0 amide bonds. The predicted octanol–water partition coefficient (Wildman–Crippen LogP) is 2.89. The number of aromatic nitrogens is 2. The van der Waals surface area contributed by atoms with E-state index in [2.05, 4.69) is 30.6 Å². The molecule has 20 heavy (non-hydrogen) atoms. The highest BCUT2D eigenvalue weighted by Crippen LogP contribution is 2.27. The number of esters is 1. The highest BCUT2D eigenvalue weighted by Gasteiger charge is 2.14. The van der Waals surface area contributed by atoms with Gasteiger partial charge in [-0.25, -0.2) is 14.8 Å². The molecule has 0 unspecified atom stereocenters. The predicted molar refractivity (Wildman–Crippen MR) is 80.4 cm³/mol. The number of hydrogen-bond donors (Lipinski definition) is 1. The summed E-state index contributed by atoms with van der Waals surface area (Å²) in [6.45, 7) is 3.99. The lowest BCUT2D eigenvalue weighted by Crippen LogP contribution is -2.09. The Morgan fingerprint density at radius 3 is 2.40 bits per heavy atom. The molecule has 1 heterocycles. The maximum atomic E-state index is 11.4. The van der Waals surface area contributed by atoms with Gasteiger partial charge in [0, 0.05) is 16.2 Å². The lowest BCUT2D eigenvalue weighted by molar-refractivity contribution is 0.0601. The molecule has 0 fully saturated rings. The van der Waals surface area contributed by atoms with Crippen LogP contribution in [0.2, 0.25) is 0 Å². The number of rotatable bonds is 2. The molecule has 0 spiro atoms. The zero-order valence-corrected chi connectivity index (χ0v) is 13.0. The number of aryl methyl sites for hydroxylation is 2. The SMILES string of the molecule is COC(=O)c1cnc(-c2cc(C)c(Br)c(C)c2)nc1N. The minimum Gasteiger partial charge on any atom is -0.465 e. The molecule has 0 aliphatic heterocycles. The maximum Gasteiger partial charge on any atom is 0.343 e. The van der Waals surface area contributed by atoms with Crippen LogP contribution in [0.25, 0.3) is 11.4 Å². The second kappa shape index (κ2) is 5.58. The molecule has 1 aromatic carbocycles. The Bertz CT molecular complexity index is 663. The van der Waals surface area contributed by atoms with Gasteiger partial charge in [-0.05, 0) is 37.1 Å². The molecule has 0 aliphatic carbocycles. The van der Waals surface area contributed by atoms with Crippen molar-refractivity contribution in [1.82, 2.24) is 9.97 Å². The topological polar surface area (TPSA) is 78.1 Å². The van der Waals surface area contributed by atoms with Crippen LogP contribution in [0.15, 0.2) is 22.8 Å². The molecule has 2 rings (SSSR count). The highest BCUT2D eigenvalue weighted by molar-refractivity contribution is 9.10. The molecule has 0 bridgehead atoms. The van der Waals surface area contributed by atoms with E-state index in [0.29, 0.717) is 5.82 Å². The van der Waals surface area contributed by atoms with Crippen molar-refractivity contribution in [2.45, 2.75) is 13.8 Å². The first-order valence-corrected chi connectivity index (χ1v) is 6.71. The number of nitrogens with zero attached hydrogens (tertiary/aromatic N) is 2. The van der Waals surface area contributed by atoms with Crippen molar-refractivity contribution >= 4 is 27.7 Å². The van der Waals surface area contributed by atoms with E-state index in [1.165, 1.54) is 13.3 Å². The molecule has 0 aliphatic rings. The quantitative estimate of drug-likeness (QED) is 0.853. The number of hydrogen-bond acceptors (Lipinski definition) is 5. The molecule has 2 N–H and O–H groups in total. The average molecular weight is 336 g/mol. The van der Waals surface area contributed by atoms with Gasteiger partial charge in [0.05, 0.1) is 7.11 Å². The van der Waals surface area contributed by atoms with Gasteiger partial charge in [-0.3, -0.25) is 0 Å². The van der Waals surface area contributed by atoms with Crippen LogP contribution in [0.3, 0.4) is 0 Å². The van der Waals surface area contributed by atoms with E-state index >= 15 is 0 Å². The van der Waals surface area contributed by atoms with Crippen molar-refractivity contribution in [2.24, 2.45) is 0 Å². The summed E-state index contributed by atoms with van der Waals surface area (Å²) in [6, 6.07) is 3.92. The summed E-state index contributed by atoms with van der Waals surface area (Å²) in [5.41, 5.74) is 8.97. The van der Waals surface area contributed by atoms with Crippen molar-refractivity contribution in [2.75, 3.05) is 12.8 Å².